The first-order chi connectivity index (χ1) is 9.51. The summed E-state index contributed by atoms with van der Waals surface area (Å²) in [4.78, 5) is 4.38. The Bertz CT molecular complexity index is 662. The highest BCUT2D eigenvalue weighted by Crippen LogP contribution is 2.17. The number of ether oxygens (including phenoxy) is 1. The largest absolute Gasteiger partial charge is 0.494 e. The summed E-state index contributed by atoms with van der Waals surface area (Å²) in [5, 5.41) is 6.62. The van der Waals surface area contributed by atoms with Crippen LogP contribution in [0.15, 0.2) is 29.2 Å². The van der Waals surface area contributed by atoms with Gasteiger partial charge in [0, 0.05) is 6.42 Å². The van der Waals surface area contributed by atoms with E-state index in [9.17, 15) is 8.42 Å². The molecule has 6 nitrogen and oxygen atoms in total. The molecule has 0 aliphatic heterocycles. The van der Waals surface area contributed by atoms with Crippen LogP contribution in [0.4, 0.5) is 0 Å². The minimum absolute atomic E-state index is 0.0156. The van der Waals surface area contributed by atoms with Gasteiger partial charge in [-0.15, -0.1) is 0 Å². The second-order valence-corrected chi connectivity index (χ2v) is 6.42. The van der Waals surface area contributed by atoms with Gasteiger partial charge in [0.1, 0.15) is 11.6 Å². The Morgan fingerprint density at radius 1 is 1.25 bits per heavy atom. The van der Waals surface area contributed by atoms with Gasteiger partial charge >= 0.3 is 0 Å². The van der Waals surface area contributed by atoms with Crippen molar-refractivity contribution in [1.29, 1.82) is 0 Å². The molecule has 2 aromatic rings. The molecule has 0 unspecified atom stereocenters. The molecule has 0 radical (unpaired) electrons. The molecule has 108 valence electrons. The molecule has 1 aromatic carbocycles. The number of nitrogens with zero attached hydrogens (tertiary/aromatic N) is 2. The van der Waals surface area contributed by atoms with Gasteiger partial charge in [-0.05, 0) is 38.1 Å². The van der Waals surface area contributed by atoms with E-state index in [-0.39, 0.29) is 10.6 Å². The fraction of sp³-hybridized carbons (Fsp3) is 0.385. The van der Waals surface area contributed by atoms with E-state index in [1.165, 1.54) is 0 Å². The van der Waals surface area contributed by atoms with E-state index in [4.69, 9.17) is 4.74 Å². The van der Waals surface area contributed by atoms with Crippen LogP contribution in [0.1, 0.15) is 18.6 Å². The van der Waals surface area contributed by atoms with Crippen LogP contribution < -0.4 is 4.74 Å². The first-order valence-corrected chi connectivity index (χ1v) is 8.00. The number of aryl methyl sites for hydroxylation is 2. The van der Waals surface area contributed by atoms with Crippen LogP contribution in [0.3, 0.4) is 0 Å². The van der Waals surface area contributed by atoms with Gasteiger partial charge in [-0.2, -0.15) is 5.10 Å². The molecule has 1 heterocycles. The summed E-state index contributed by atoms with van der Waals surface area (Å²) >= 11 is 0. The van der Waals surface area contributed by atoms with Crippen molar-refractivity contribution in [2.75, 3.05) is 12.4 Å². The molecule has 0 aliphatic carbocycles. The van der Waals surface area contributed by atoms with Crippen molar-refractivity contribution in [2.24, 2.45) is 0 Å². The highest BCUT2D eigenvalue weighted by molar-refractivity contribution is 7.91. The third-order valence-electron chi connectivity index (χ3n) is 2.73. The van der Waals surface area contributed by atoms with Crippen molar-refractivity contribution < 1.29 is 13.2 Å². The smallest absolute Gasteiger partial charge is 0.178 e. The fourth-order valence-corrected chi connectivity index (χ4v) is 2.99. The van der Waals surface area contributed by atoms with Crippen LogP contribution in [0, 0.1) is 6.92 Å². The second kappa shape index (κ2) is 6.04. The van der Waals surface area contributed by atoms with E-state index >= 15 is 0 Å². The Balaban J connectivity index is 2.05. The second-order valence-electron chi connectivity index (χ2n) is 4.31. The van der Waals surface area contributed by atoms with E-state index in [0.717, 1.165) is 0 Å². The van der Waals surface area contributed by atoms with Crippen LogP contribution in [-0.4, -0.2) is 36.0 Å². The summed E-state index contributed by atoms with van der Waals surface area (Å²) in [6.45, 7) is 4.21. The Labute approximate surface area is 118 Å². The minimum atomic E-state index is -3.33. The maximum Gasteiger partial charge on any atom is 0.178 e. The van der Waals surface area contributed by atoms with Crippen molar-refractivity contribution in [1.82, 2.24) is 15.2 Å². The van der Waals surface area contributed by atoms with E-state index in [1.54, 1.807) is 31.2 Å². The number of hydrogen-bond donors (Lipinski definition) is 1. The van der Waals surface area contributed by atoms with Crippen molar-refractivity contribution in [3.8, 4) is 5.75 Å². The molecule has 20 heavy (non-hydrogen) atoms. The molecule has 7 heteroatoms. The lowest BCUT2D eigenvalue weighted by Crippen LogP contribution is -2.10. The van der Waals surface area contributed by atoms with Gasteiger partial charge in [0.2, 0.25) is 0 Å². The highest BCUT2D eigenvalue weighted by Gasteiger charge is 2.15. The number of H-pyrrole nitrogens is 1. The summed E-state index contributed by atoms with van der Waals surface area (Å²) in [7, 11) is -3.33. The zero-order valence-corrected chi connectivity index (χ0v) is 12.3. The number of nitrogens with one attached hydrogen (secondary N) is 1. The lowest BCUT2D eigenvalue weighted by molar-refractivity contribution is 0.340. The molecule has 0 saturated carbocycles. The summed E-state index contributed by atoms with van der Waals surface area (Å²) in [5.74, 6) is 1.84. The summed E-state index contributed by atoms with van der Waals surface area (Å²) in [5.41, 5.74) is 0. The number of aromatic amines is 1. The van der Waals surface area contributed by atoms with Crippen molar-refractivity contribution >= 4 is 9.84 Å². The monoisotopic (exact) mass is 295 g/mol. The molecule has 0 amide bonds. The molecule has 0 aliphatic rings. The predicted octanol–water partition coefficient (Wildman–Crippen LogP) is 1.53. The van der Waals surface area contributed by atoms with Crippen LogP contribution in [0.25, 0.3) is 0 Å². The molecule has 0 saturated heterocycles. The van der Waals surface area contributed by atoms with Crippen LogP contribution >= 0.6 is 0 Å². The van der Waals surface area contributed by atoms with Gasteiger partial charge in [0.15, 0.2) is 15.7 Å². The molecular formula is C13H17N3O3S. The molecule has 0 spiro atoms. The molecule has 1 N–H and O–H groups in total. The summed E-state index contributed by atoms with van der Waals surface area (Å²) < 4.78 is 29.6. The fourth-order valence-electron chi connectivity index (χ4n) is 1.75. The normalized spacial score (nSPS) is 11.5. The third kappa shape index (κ3) is 3.57. The van der Waals surface area contributed by atoms with Crippen LogP contribution in [0.2, 0.25) is 0 Å². The van der Waals surface area contributed by atoms with E-state index in [2.05, 4.69) is 15.2 Å². The maximum absolute atomic E-state index is 12.2. The molecule has 0 fully saturated rings. The Hall–Kier alpha value is -1.89. The van der Waals surface area contributed by atoms with Crippen molar-refractivity contribution in [2.45, 2.75) is 25.2 Å². The number of aromatic nitrogens is 3. The van der Waals surface area contributed by atoms with Crippen LogP contribution in [-0.2, 0) is 16.3 Å². The Morgan fingerprint density at radius 2 is 1.95 bits per heavy atom. The first-order valence-electron chi connectivity index (χ1n) is 6.35. The number of benzene rings is 1. The van der Waals surface area contributed by atoms with Gasteiger partial charge in [0.25, 0.3) is 0 Å². The Kier molecular flexibility index (Phi) is 4.39. The zero-order valence-electron chi connectivity index (χ0n) is 11.5. The average Bonchev–Trinajstić information content (AvgIpc) is 2.84. The van der Waals surface area contributed by atoms with Gasteiger partial charge in [0.05, 0.1) is 17.3 Å². The predicted molar refractivity (Wildman–Crippen MR) is 74.5 cm³/mol. The van der Waals surface area contributed by atoms with Crippen molar-refractivity contribution in [3.05, 3.63) is 35.9 Å². The maximum atomic E-state index is 12.2. The third-order valence-corrected chi connectivity index (χ3v) is 4.46. The van der Waals surface area contributed by atoms with Gasteiger partial charge < -0.3 is 4.74 Å². The molecular weight excluding hydrogens is 278 g/mol. The quantitative estimate of drug-likeness (QED) is 0.873. The zero-order chi connectivity index (χ0) is 14.6. The van der Waals surface area contributed by atoms with Gasteiger partial charge in [-0.25, -0.2) is 13.4 Å². The topological polar surface area (TPSA) is 84.9 Å². The molecule has 1 aromatic heterocycles. The average molecular weight is 295 g/mol. The highest BCUT2D eigenvalue weighted by atomic mass is 32.2. The first kappa shape index (κ1) is 14.5. The number of sulfone groups is 1. The Morgan fingerprint density at radius 3 is 2.50 bits per heavy atom. The summed E-state index contributed by atoms with van der Waals surface area (Å²) in [6, 6.07) is 6.44. The molecule has 0 bridgehead atoms. The molecule has 0 atom stereocenters. The SMILES string of the molecule is CCOc1ccc(S(=O)(=O)CCc2n[nH]c(C)n2)cc1. The number of rotatable bonds is 6. The molecule has 2 rings (SSSR count). The standard InChI is InChI=1S/C13H17N3O3S/c1-3-19-11-4-6-12(7-5-11)20(17,18)9-8-13-14-10(2)15-16-13/h4-7H,3,8-9H2,1-2H3,(H,14,15,16). The van der Waals surface area contributed by atoms with Gasteiger partial charge in [-0.3, -0.25) is 5.10 Å². The lowest BCUT2D eigenvalue weighted by Gasteiger charge is -2.05. The van der Waals surface area contributed by atoms with E-state index < -0.39 is 9.84 Å². The minimum Gasteiger partial charge on any atom is -0.494 e. The van der Waals surface area contributed by atoms with Crippen molar-refractivity contribution in [3.63, 3.8) is 0 Å². The lowest BCUT2D eigenvalue weighted by atomic mass is 10.3. The van der Waals surface area contributed by atoms with Crippen LogP contribution in [0.5, 0.6) is 5.75 Å². The van der Waals surface area contributed by atoms with Gasteiger partial charge in [-0.1, -0.05) is 0 Å². The van der Waals surface area contributed by atoms with E-state index in [0.29, 0.717) is 30.4 Å². The number of hydrogen-bond acceptors (Lipinski definition) is 5. The summed E-state index contributed by atoms with van der Waals surface area (Å²) in [6.07, 6.45) is 0.292. The van der Waals surface area contributed by atoms with E-state index in [1.807, 2.05) is 6.92 Å².